The molecular weight excluding hydrogens is 566 g/mol. The van der Waals surface area contributed by atoms with Crippen molar-refractivity contribution in [2.24, 2.45) is 0 Å². The van der Waals surface area contributed by atoms with E-state index in [9.17, 15) is 13.2 Å². The van der Waals surface area contributed by atoms with E-state index in [1.165, 1.54) is 27.0 Å². The number of hydrogen-bond donors (Lipinski definition) is 2. The number of ether oxygens (including phenoxy) is 1. The number of ketones is 1. The fraction of sp³-hybridized carbons (Fsp3) is 0.406. The lowest BCUT2D eigenvalue weighted by atomic mass is 9.88. The Balaban J connectivity index is 1.17. The Morgan fingerprint density at radius 3 is 2.58 bits per heavy atom. The predicted octanol–water partition coefficient (Wildman–Crippen LogP) is 3.89. The first-order valence-corrected chi connectivity index (χ1v) is 16.5. The van der Waals surface area contributed by atoms with Gasteiger partial charge in [0.1, 0.15) is 5.76 Å². The van der Waals surface area contributed by atoms with Crippen molar-refractivity contribution in [3.8, 4) is 0 Å². The van der Waals surface area contributed by atoms with Gasteiger partial charge in [-0.3, -0.25) is 9.69 Å². The first kappa shape index (κ1) is 28.1. The SMILES string of the molecule is Cc1oc(S(=O)(=O)N2CCOCC2)cc1C(=O)C(C1CCc2ccccc2N1)N1CCN(c2cccc3[nH]ccc23)CC1. The molecule has 3 aliphatic rings. The highest BCUT2D eigenvalue weighted by molar-refractivity contribution is 7.89. The molecule has 5 heterocycles. The number of aromatic amines is 1. The molecule has 0 amide bonds. The number of Topliss-reactive ketones (excluding diaryl/α,β-unsaturated/α-hetero) is 1. The summed E-state index contributed by atoms with van der Waals surface area (Å²) >= 11 is 0. The number of morpholine rings is 1. The number of hydrogen-bond acceptors (Lipinski definition) is 8. The predicted molar refractivity (Wildman–Crippen MR) is 165 cm³/mol. The van der Waals surface area contributed by atoms with E-state index >= 15 is 0 Å². The minimum absolute atomic E-state index is 0.109. The van der Waals surface area contributed by atoms with Crippen molar-refractivity contribution >= 4 is 38.1 Å². The number of carbonyl (C=O) groups excluding carboxylic acids is 1. The number of para-hydroxylation sites is 1. The number of carbonyl (C=O) groups is 1. The van der Waals surface area contributed by atoms with Gasteiger partial charge in [0.15, 0.2) is 5.78 Å². The van der Waals surface area contributed by atoms with Crippen LogP contribution in [0.2, 0.25) is 0 Å². The van der Waals surface area contributed by atoms with Gasteiger partial charge in [0, 0.05) is 79.9 Å². The minimum atomic E-state index is -3.87. The van der Waals surface area contributed by atoms with Crippen LogP contribution in [0.5, 0.6) is 0 Å². The van der Waals surface area contributed by atoms with Crippen molar-refractivity contribution in [3.05, 3.63) is 77.7 Å². The maximum absolute atomic E-state index is 14.5. The van der Waals surface area contributed by atoms with Crippen molar-refractivity contribution in [3.63, 3.8) is 0 Å². The minimum Gasteiger partial charge on any atom is -0.448 e. The van der Waals surface area contributed by atoms with Crippen molar-refractivity contribution < 1.29 is 22.4 Å². The molecule has 2 N–H and O–H groups in total. The molecule has 4 aromatic rings. The van der Waals surface area contributed by atoms with Crippen LogP contribution >= 0.6 is 0 Å². The topological polar surface area (TPSA) is 111 Å². The summed E-state index contributed by atoms with van der Waals surface area (Å²) in [6.07, 6.45) is 3.63. The van der Waals surface area contributed by atoms with Crippen molar-refractivity contribution in [2.75, 3.05) is 62.7 Å². The van der Waals surface area contributed by atoms with Crippen molar-refractivity contribution in [1.29, 1.82) is 0 Å². The van der Waals surface area contributed by atoms with Gasteiger partial charge in [-0.1, -0.05) is 24.3 Å². The standard InChI is InChI=1S/C32H37N5O5S/c1-22-25(21-30(42-22)43(39,40)37-17-19-41-20-18-37)32(38)31(28-10-9-23-5-2-3-6-26(23)34-28)36-15-13-35(14-16-36)29-8-4-7-27-24(29)11-12-33-27/h2-8,11-12,21,28,31,33-34H,9-10,13-20H2,1H3. The number of aryl methyl sites for hydroxylation is 2. The molecular formula is C32H37N5O5S. The Bertz CT molecular complexity index is 1730. The van der Waals surface area contributed by atoms with E-state index in [2.05, 4.69) is 56.5 Å². The second-order valence-corrected chi connectivity index (χ2v) is 13.4. The van der Waals surface area contributed by atoms with E-state index in [1.54, 1.807) is 6.92 Å². The van der Waals surface area contributed by atoms with E-state index in [0.29, 0.717) is 37.6 Å². The fourth-order valence-electron chi connectivity index (χ4n) is 6.79. The number of piperazine rings is 1. The molecule has 2 aromatic carbocycles. The Hall–Kier alpha value is -3.64. The average molecular weight is 604 g/mol. The summed E-state index contributed by atoms with van der Waals surface area (Å²) < 4.78 is 39.2. The van der Waals surface area contributed by atoms with Crippen LogP contribution in [0.4, 0.5) is 11.4 Å². The second-order valence-electron chi connectivity index (χ2n) is 11.5. The van der Waals surface area contributed by atoms with Crippen LogP contribution in [0.25, 0.3) is 10.9 Å². The highest BCUT2D eigenvalue weighted by Gasteiger charge is 2.40. The van der Waals surface area contributed by atoms with Gasteiger partial charge in [-0.15, -0.1) is 0 Å². The summed E-state index contributed by atoms with van der Waals surface area (Å²) in [7, 11) is -3.87. The number of H-pyrrole nitrogens is 1. The molecule has 2 atom stereocenters. The van der Waals surface area contributed by atoms with E-state index in [0.717, 1.165) is 37.1 Å². The van der Waals surface area contributed by atoms with Crippen LogP contribution in [0, 0.1) is 6.92 Å². The van der Waals surface area contributed by atoms with Crippen LogP contribution in [0.1, 0.15) is 28.1 Å². The number of furan rings is 1. The van der Waals surface area contributed by atoms with E-state index in [4.69, 9.17) is 9.15 Å². The lowest BCUT2D eigenvalue weighted by Crippen LogP contribution is -2.58. The molecule has 0 bridgehead atoms. The first-order valence-electron chi connectivity index (χ1n) is 15.0. The van der Waals surface area contributed by atoms with Crippen LogP contribution in [0.3, 0.4) is 0 Å². The molecule has 226 valence electrons. The number of nitrogens with zero attached hydrogens (tertiary/aromatic N) is 3. The average Bonchev–Trinajstić information content (AvgIpc) is 3.69. The second kappa shape index (κ2) is 11.5. The number of nitrogens with one attached hydrogen (secondary N) is 2. The molecule has 43 heavy (non-hydrogen) atoms. The quantitative estimate of drug-likeness (QED) is 0.306. The van der Waals surface area contributed by atoms with Crippen LogP contribution in [-0.4, -0.2) is 93.0 Å². The summed E-state index contributed by atoms with van der Waals surface area (Å²) in [5, 5.41) is 4.68. The molecule has 2 aromatic heterocycles. The smallest absolute Gasteiger partial charge is 0.276 e. The Labute approximate surface area is 251 Å². The third-order valence-electron chi connectivity index (χ3n) is 9.08. The molecule has 0 aliphatic carbocycles. The Morgan fingerprint density at radius 2 is 1.77 bits per heavy atom. The molecule has 11 heteroatoms. The Kier molecular flexibility index (Phi) is 7.50. The highest BCUT2D eigenvalue weighted by atomic mass is 32.2. The molecule has 7 rings (SSSR count). The van der Waals surface area contributed by atoms with Gasteiger partial charge in [0.2, 0.25) is 5.09 Å². The lowest BCUT2D eigenvalue weighted by molar-refractivity contribution is 0.0724. The molecule has 2 unspecified atom stereocenters. The Morgan fingerprint density at radius 1 is 0.977 bits per heavy atom. The van der Waals surface area contributed by atoms with Gasteiger partial charge < -0.3 is 24.4 Å². The molecule has 10 nitrogen and oxygen atoms in total. The van der Waals surface area contributed by atoms with Gasteiger partial charge in [0.05, 0.1) is 24.8 Å². The van der Waals surface area contributed by atoms with Gasteiger partial charge in [-0.05, 0) is 49.6 Å². The molecule has 0 radical (unpaired) electrons. The number of benzene rings is 2. The number of aromatic nitrogens is 1. The van der Waals surface area contributed by atoms with Gasteiger partial charge >= 0.3 is 0 Å². The number of anilines is 2. The summed E-state index contributed by atoms with van der Waals surface area (Å²) in [6.45, 7) is 5.84. The summed E-state index contributed by atoms with van der Waals surface area (Å²) in [4.78, 5) is 22.4. The summed E-state index contributed by atoms with van der Waals surface area (Å²) in [5.74, 6) is 0.221. The zero-order valence-electron chi connectivity index (χ0n) is 24.3. The van der Waals surface area contributed by atoms with E-state index < -0.39 is 16.1 Å². The first-order chi connectivity index (χ1) is 20.9. The van der Waals surface area contributed by atoms with Crippen LogP contribution in [0.15, 0.2) is 70.3 Å². The van der Waals surface area contributed by atoms with Crippen LogP contribution < -0.4 is 10.2 Å². The monoisotopic (exact) mass is 603 g/mol. The zero-order chi connectivity index (χ0) is 29.6. The maximum Gasteiger partial charge on any atom is 0.276 e. The van der Waals surface area contributed by atoms with E-state index in [-0.39, 0.29) is 30.0 Å². The van der Waals surface area contributed by atoms with Crippen LogP contribution in [-0.2, 0) is 21.2 Å². The van der Waals surface area contributed by atoms with Crippen molar-refractivity contribution in [1.82, 2.24) is 14.2 Å². The van der Waals surface area contributed by atoms with Crippen molar-refractivity contribution in [2.45, 2.75) is 36.9 Å². The normalized spacial score (nSPS) is 21.0. The molecule has 2 fully saturated rings. The summed E-state index contributed by atoms with van der Waals surface area (Å²) in [5.41, 5.74) is 4.92. The third-order valence-corrected chi connectivity index (χ3v) is 10.8. The fourth-order valence-corrected chi connectivity index (χ4v) is 8.17. The molecule has 0 spiro atoms. The van der Waals surface area contributed by atoms with Gasteiger partial charge in [-0.25, -0.2) is 8.42 Å². The van der Waals surface area contributed by atoms with Gasteiger partial charge in [0.25, 0.3) is 10.0 Å². The molecule has 3 aliphatic heterocycles. The summed E-state index contributed by atoms with van der Waals surface area (Å²) in [6, 6.07) is 17.5. The zero-order valence-corrected chi connectivity index (χ0v) is 25.1. The van der Waals surface area contributed by atoms with E-state index in [1.807, 2.05) is 18.3 Å². The number of rotatable bonds is 7. The number of sulfonamides is 1. The number of fused-ring (bicyclic) bond motifs is 2. The molecule has 2 saturated heterocycles. The lowest BCUT2D eigenvalue weighted by Gasteiger charge is -2.43. The third kappa shape index (κ3) is 5.24. The molecule has 0 saturated carbocycles. The highest BCUT2D eigenvalue weighted by Crippen LogP contribution is 2.33. The largest absolute Gasteiger partial charge is 0.448 e. The van der Waals surface area contributed by atoms with Gasteiger partial charge in [-0.2, -0.15) is 4.31 Å². The maximum atomic E-state index is 14.5.